The van der Waals surface area contributed by atoms with Crippen LogP contribution in [0.4, 0.5) is 5.82 Å². The Kier molecular flexibility index (Phi) is 9.17. The Morgan fingerprint density at radius 3 is 2.18 bits per heavy atom. The number of nitrogens with one attached hydrogen (secondary N) is 1. The first-order chi connectivity index (χ1) is 18.7. The van der Waals surface area contributed by atoms with Crippen LogP contribution in [0.1, 0.15) is 37.6 Å². The van der Waals surface area contributed by atoms with Crippen LogP contribution in [0.3, 0.4) is 0 Å². The molecule has 0 bridgehead atoms. The number of anilines is 1. The van der Waals surface area contributed by atoms with E-state index < -0.39 is 0 Å². The van der Waals surface area contributed by atoms with Gasteiger partial charge in [-0.25, -0.2) is 4.68 Å². The highest BCUT2D eigenvalue weighted by atomic mass is 35.5. The van der Waals surface area contributed by atoms with E-state index in [9.17, 15) is 9.59 Å². The van der Waals surface area contributed by atoms with Crippen molar-refractivity contribution in [1.29, 1.82) is 0 Å². The molecule has 0 unspecified atom stereocenters. The van der Waals surface area contributed by atoms with Crippen molar-refractivity contribution in [2.45, 2.75) is 39.3 Å². The van der Waals surface area contributed by atoms with E-state index in [0.29, 0.717) is 23.1 Å². The van der Waals surface area contributed by atoms with Crippen molar-refractivity contribution in [3.05, 3.63) is 113 Å². The summed E-state index contributed by atoms with van der Waals surface area (Å²) in [6.45, 7) is 6.44. The fourth-order valence-electron chi connectivity index (χ4n) is 3.96. The maximum Gasteiger partial charge on any atom is 0.249 e. The number of hydrogen-bond acceptors (Lipinski definition) is 4. The summed E-state index contributed by atoms with van der Waals surface area (Å²) in [5.74, 6) is -0.151. The van der Waals surface area contributed by atoms with E-state index in [4.69, 9.17) is 21.4 Å². The highest BCUT2D eigenvalue weighted by Gasteiger charge is 2.24. The van der Waals surface area contributed by atoms with Gasteiger partial charge >= 0.3 is 0 Å². The topological polar surface area (TPSA) is 76.5 Å². The Morgan fingerprint density at radius 2 is 1.54 bits per heavy atom. The first-order valence-electron chi connectivity index (χ1n) is 12.8. The number of carbonyl (C=O) groups is 2. The van der Waals surface area contributed by atoms with Gasteiger partial charge < -0.3 is 15.0 Å². The molecule has 0 fully saturated rings. The van der Waals surface area contributed by atoms with Crippen LogP contribution < -0.4 is 5.32 Å². The Bertz CT molecular complexity index is 1400. The number of amides is 2. The van der Waals surface area contributed by atoms with Crippen LogP contribution in [-0.2, 0) is 32.9 Å². The molecule has 4 aromatic rings. The Balaban J connectivity index is 1.51. The fraction of sp³-hybridized carbons (Fsp3) is 0.258. The molecule has 0 spiro atoms. The van der Waals surface area contributed by atoms with Gasteiger partial charge in [-0.15, -0.1) is 0 Å². The molecule has 202 valence electrons. The van der Waals surface area contributed by atoms with Crippen molar-refractivity contribution >= 4 is 29.2 Å². The molecule has 1 N–H and O–H groups in total. The summed E-state index contributed by atoms with van der Waals surface area (Å²) >= 11 is 6.46. The van der Waals surface area contributed by atoms with Gasteiger partial charge in [0.05, 0.1) is 23.0 Å². The number of aromatic nitrogens is 2. The molecule has 0 atom stereocenters. The van der Waals surface area contributed by atoms with Crippen LogP contribution in [0.25, 0.3) is 5.69 Å². The van der Waals surface area contributed by atoms with Crippen molar-refractivity contribution in [2.75, 3.05) is 18.5 Å². The van der Waals surface area contributed by atoms with E-state index in [1.165, 1.54) is 4.90 Å². The van der Waals surface area contributed by atoms with Gasteiger partial charge in [0.1, 0.15) is 19.0 Å². The van der Waals surface area contributed by atoms with Crippen molar-refractivity contribution in [1.82, 2.24) is 14.7 Å². The lowest BCUT2D eigenvalue weighted by Gasteiger charge is -2.22. The highest BCUT2D eigenvalue weighted by molar-refractivity contribution is 6.32. The molecule has 0 aliphatic carbocycles. The molecular weight excluding hydrogens is 512 g/mol. The van der Waals surface area contributed by atoms with Crippen LogP contribution in [0.2, 0.25) is 5.02 Å². The average Bonchev–Trinajstić information content (AvgIpc) is 3.33. The molecule has 1 aromatic heterocycles. The third kappa shape index (κ3) is 7.78. The molecule has 7 nitrogen and oxygen atoms in total. The van der Waals surface area contributed by atoms with Crippen molar-refractivity contribution in [3.63, 3.8) is 0 Å². The normalized spacial score (nSPS) is 11.3. The van der Waals surface area contributed by atoms with Gasteiger partial charge in [-0.3, -0.25) is 9.59 Å². The summed E-state index contributed by atoms with van der Waals surface area (Å²) in [5.41, 5.74) is 3.08. The SMILES string of the molecule is CC(C)(C)c1cc(NC(=O)CN(Cc2ccccc2)C(=O)COCc2ccccc2)n(-c2ccccc2Cl)n1. The minimum absolute atomic E-state index is 0.138. The van der Waals surface area contributed by atoms with Crippen molar-refractivity contribution < 1.29 is 14.3 Å². The maximum atomic E-state index is 13.3. The zero-order valence-corrected chi connectivity index (χ0v) is 23.2. The number of ether oxygens (including phenoxy) is 1. The summed E-state index contributed by atoms with van der Waals surface area (Å²) in [6.07, 6.45) is 0. The second-order valence-corrected chi connectivity index (χ2v) is 10.7. The standard InChI is InChI=1S/C31H33ClN4O3/c1-31(2,3)27-18-28(36(34-27)26-17-11-10-16-25(26)32)33-29(37)20-35(19-23-12-6-4-7-13-23)30(38)22-39-21-24-14-8-5-9-15-24/h4-18H,19-22H2,1-3H3,(H,33,37). The lowest BCUT2D eigenvalue weighted by Crippen LogP contribution is -2.39. The number of halogens is 1. The monoisotopic (exact) mass is 544 g/mol. The molecule has 0 radical (unpaired) electrons. The minimum Gasteiger partial charge on any atom is -0.367 e. The summed E-state index contributed by atoms with van der Waals surface area (Å²) in [5, 5.41) is 8.19. The Labute approximate surface area is 234 Å². The second kappa shape index (κ2) is 12.7. The average molecular weight is 545 g/mol. The Morgan fingerprint density at radius 1 is 0.923 bits per heavy atom. The lowest BCUT2D eigenvalue weighted by molar-refractivity contribution is -0.139. The van der Waals surface area contributed by atoms with Gasteiger partial charge in [-0.2, -0.15) is 5.10 Å². The number of benzene rings is 3. The zero-order chi connectivity index (χ0) is 27.8. The third-order valence-corrected chi connectivity index (χ3v) is 6.39. The molecular formula is C31H33ClN4O3. The van der Waals surface area contributed by atoms with Crippen LogP contribution in [-0.4, -0.2) is 39.6 Å². The summed E-state index contributed by atoms with van der Waals surface area (Å²) in [6, 6.07) is 28.4. The number of rotatable bonds is 10. The summed E-state index contributed by atoms with van der Waals surface area (Å²) in [4.78, 5) is 28.0. The first kappa shape index (κ1) is 28.1. The summed E-state index contributed by atoms with van der Waals surface area (Å²) in [7, 11) is 0. The quantitative estimate of drug-likeness (QED) is 0.265. The predicted molar refractivity (Wildman–Crippen MR) is 154 cm³/mol. The smallest absolute Gasteiger partial charge is 0.249 e. The van der Waals surface area contributed by atoms with Gasteiger partial charge in [0.2, 0.25) is 11.8 Å². The second-order valence-electron chi connectivity index (χ2n) is 10.3. The van der Waals surface area contributed by atoms with E-state index >= 15 is 0 Å². The molecule has 0 saturated heterocycles. The van der Waals surface area contributed by atoms with Gasteiger partial charge in [0, 0.05) is 18.0 Å². The summed E-state index contributed by atoms with van der Waals surface area (Å²) < 4.78 is 7.31. The lowest BCUT2D eigenvalue weighted by atomic mass is 9.92. The highest BCUT2D eigenvalue weighted by Crippen LogP contribution is 2.29. The molecule has 0 aliphatic heterocycles. The van der Waals surface area contributed by atoms with E-state index in [1.807, 2.05) is 106 Å². The van der Waals surface area contributed by atoms with Crippen LogP contribution in [0.15, 0.2) is 91.0 Å². The first-order valence-corrected chi connectivity index (χ1v) is 13.2. The molecule has 0 saturated carbocycles. The minimum atomic E-state index is -0.351. The van der Waals surface area contributed by atoms with Gasteiger partial charge in [-0.05, 0) is 23.3 Å². The largest absolute Gasteiger partial charge is 0.367 e. The van der Waals surface area contributed by atoms with E-state index in [1.54, 1.807) is 10.7 Å². The van der Waals surface area contributed by atoms with Gasteiger partial charge in [0.25, 0.3) is 0 Å². The van der Waals surface area contributed by atoms with Crippen LogP contribution >= 0.6 is 11.6 Å². The molecule has 3 aromatic carbocycles. The number of nitrogens with zero attached hydrogens (tertiary/aromatic N) is 3. The molecule has 1 heterocycles. The number of para-hydroxylation sites is 1. The molecule has 39 heavy (non-hydrogen) atoms. The number of carbonyl (C=O) groups excluding carboxylic acids is 2. The number of hydrogen-bond donors (Lipinski definition) is 1. The van der Waals surface area contributed by atoms with Gasteiger partial charge in [-0.1, -0.05) is 105 Å². The van der Waals surface area contributed by atoms with E-state index in [0.717, 1.165) is 16.8 Å². The molecule has 4 rings (SSSR count). The maximum absolute atomic E-state index is 13.3. The van der Waals surface area contributed by atoms with Crippen molar-refractivity contribution in [3.8, 4) is 5.69 Å². The molecule has 2 amide bonds. The molecule has 8 heteroatoms. The molecule has 0 aliphatic rings. The van der Waals surface area contributed by atoms with Crippen molar-refractivity contribution in [2.24, 2.45) is 0 Å². The third-order valence-electron chi connectivity index (χ3n) is 6.07. The Hall–Kier alpha value is -3.94. The fourth-order valence-corrected chi connectivity index (χ4v) is 4.17. The van der Waals surface area contributed by atoms with Crippen LogP contribution in [0, 0.1) is 0 Å². The van der Waals surface area contributed by atoms with Gasteiger partial charge in [0.15, 0.2) is 0 Å². The van der Waals surface area contributed by atoms with Crippen LogP contribution in [0.5, 0.6) is 0 Å². The zero-order valence-electron chi connectivity index (χ0n) is 22.4. The van der Waals surface area contributed by atoms with E-state index in [2.05, 4.69) is 5.32 Å². The predicted octanol–water partition coefficient (Wildman–Crippen LogP) is 6.01. The van der Waals surface area contributed by atoms with E-state index in [-0.39, 0.29) is 36.9 Å².